The highest BCUT2D eigenvalue weighted by molar-refractivity contribution is 6.65. The second-order valence-electron chi connectivity index (χ2n) is 2.76. The molecule has 0 radical (unpaired) electrons. The van der Waals surface area contributed by atoms with Crippen LogP contribution in [-0.4, -0.2) is 17.6 Å². The third-order valence-electron chi connectivity index (χ3n) is 1.85. The van der Waals surface area contributed by atoms with Crippen LogP contribution < -0.4 is 5.32 Å². The molecule has 1 unspecified atom stereocenters. The summed E-state index contributed by atoms with van der Waals surface area (Å²) < 4.78 is 0. The van der Waals surface area contributed by atoms with Crippen molar-refractivity contribution in [2.24, 2.45) is 9.98 Å². The van der Waals surface area contributed by atoms with Gasteiger partial charge in [0, 0.05) is 24.2 Å². The highest BCUT2D eigenvalue weighted by Crippen LogP contribution is 2.20. The lowest BCUT2D eigenvalue weighted by Gasteiger charge is -2.21. The molecule has 4 heteroatoms. The first-order valence-electron chi connectivity index (χ1n) is 3.67. The first-order valence-corrected chi connectivity index (χ1v) is 4.05. The number of nitrogens with zero attached hydrogens (tertiary/aromatic N) is 2. The van der Waals surface area contributed by atoms with Gasteiger partial charge in [-0.15, -0.1) is 0 Å². The molecule has 0 saturated heterocycles. The third-order valence-corrected chi connectivity index (χ3v) is 2.06. The third kappa shape index (κ3) is 1.16. The van der Waals surface area contributed by atoms with Crippen LogP contribution in [0.4, 0.5) is 0 Å². The number of halogens is 1. The molecule has 0 aromatic heterocycles. The molecule has 0 spiro atoms. The van der Waals surface area contributed by atoms with Crippen molar-refractivity contribution >= 4 is 23.1 Å². The Morgan fingerprint density at radius 2 is 2.42 bits per heavy atom. The summed E-state index contributed by atoms with van der Waals surface area (Å²) >= 11 is 5.72. The lowest BCUT2D eigenvalue weighted by atomic mass is 10.0. The van der Waals surface area contributed by atoms with Crippen LogP contribution in [-0.2, 0) is 0 Å². The standard InChI is InChI=1S/C8H8ClN3/c1-5-2-10-3-6-4-11-8(9)12-7(5)6/h2-4,7H,1H3,(H,11,12). The van der Waals surface area contributed by atoms with Gasteiger partial charge in [-0.2, -0.15) is 0 Å². The smallest absolute Gasteiger partial charge is 0.196 e. The minimum Gasteiger partial charge on any atom is -0.337 e. The van der Waals surface area contributed by atoms with E-state index in [-0.39, 0.29) is 6.04 Å². The Kier molecular flexibility index (Phi) is 1.73. The van der Waals surface area contributed by atoms with Crippen LogP contribution in [0.25, 0.3) is 0 Å². The SMILES string of the molecule is CC1=CN=CC2=CNC(Cl)=NC12. The van der Waals surface area contributed by atoms with Crippen molar-refractivity contribution in [1.29, 1.82) is 0 Å². The van der Waals surface area contributed by atoms with E-state index in [1.165, 1.54) is 0 Å². The molecule has 2 heterocycles. The highest BCUT2D eigenvalue weighted by atomic mass is 35.5. The summed E-state index contributed by atoms with van der Waals surface area (Å²) in [7, 11) is 0. The summed E-state index contributed by atoms with van der Waals surface area (Å²) in [5.74, 6) is 0. The van der Waals surface area contributed by atoms with Crippen molar-refractivity contribution in [1.82, 2.24) is 5.32 Å². The predicted octanol–water partition coefficient (Wildman–Crippen LogP) is 1.43. The van der Waals surface area contributed by atoms with Crippen LogP contribution >= 0.6 is 11.6 Å². The lowest BCUT2D eigenvalue weighted by Crippen LogP contribution is -2.26. The van der Waals surface area contributed by atoms with E-state index < -0.39 is 0 Å². The molecule has 1 atom stereocenters. The Labute approximate surface area is 75.5 Å². The van der Waals surface area contributed by atoms with E-state index in [9.17, 15) is 0 Å². The van der Waals surface area contributed by atoms with E-state index in [0.29, 0.717) is 5.29 Å². The van der Waals surface area contributed by atoms with Gasteiger partial charge in [0.15, 0.2) is 5.29 Å². The number of nitrogens with one attached hydrogen (secondary N) is 1. The molecule has 0 fully saturated rings. The maximum absolute atomic E-state index is 5.72. The van der Waals surface area contributed by atoms with E-state index in [1.807, 2.05) is 13.1 Å². The van der Waals surface area contributed by atoms with Gasteiger partial charge >= 0.3 is 0 Å². The van der Waals surface area contributed by atoms with Gasteiger partial charge in [0.25, 0.3) is 0 Å². The Bertz CT molecular complexity index is 325. The average Bonchev–Trinajstić information content (AvgIpc) is 2.07. The van der Waals surface area contributed by atoms with Crippen LogP contribution in [0.1, 0.15) is 6.92 Å². The molecule has 0 amide bonds. The summed E-state index contributed by atoms with van der Waals surface area (Å²) in [4.78, 5) is 8.29. The molecule has 0 aromatic rings. The van der Waals surface area contributed by atoms with Crippen LogP contribution in [0.3, 0.4) is 0 Å². The molecule has 12 heavy (non-hydrogen) atoms. The molecule has 2 aliphatic rings. The van der Waals surface area contributed by atoms with Gasteiger partial charge in [0.05, 0.1) is 0 Å². The summed E-state index contributed by atoms with van der Waals surface area (Å²) in [6.07, 6.45) is 5.43. The Morgan fingerprint density at radius 3 is 3.25 bits per heavy atom. The van der Waals surface area contributed by atoms with Gasteiger partial charge in [-0.05, 0) is 24.1 Å². The van der Waals surface area contributed by atoms with Crippen molar-refractivity contribution in [2.75, 3.05) is 0 Å². The lowest BCUT2D eigenvalue weighted by molar-refractivity contribution is 0.877. The van der Waals surface area contributed by atoms with E-state index in [0.717, 1.165) is 11.1 Å². The molecule has 62 valence electrons. The topological polar surface area (TPSA) is 36.8 Å². The molecule has 2 aliphatic heterocycles. The first kappa shape index (κ1) is 7.55. The minimum absolute atomic E-state index is 0.0660. The van der Waals surface area contributed by atoms with Gasteiger partial charge in [0.1, 0.15) is 6.04 Å². The second kappa shape index (κ2) is 2.75. The number of rotatable bonds is 0. The molecule has 1 N–H and O–H groups in total. The summed E-state index contributed by atoms with van der Waals surface area (Å²) in [5, 5.41) is 3.27. The van der Waals surface area contributed by atoms with Crippen molar-refractivity contribution in [3.05, 3.63) is 23.5 Å². The molecule has 3 nitrogen and oxygen atoms in total. The van der Waals surface area contributed by atoms with Crippen molar-refractivity contribution in [2.45, 2.75) is 13.0 Å². The zero-order valence-corrected chi connectivity index (χ0v) is 7.34. The van der Waals surface area contributed by atoms with E-state index >= 15 is 0 Å². The van der Waals surface area contributed by atoms with Crippen LogP contribution in [0.5, 0.6) is 0 Å². The van der Waals surface area contributed by atoms with Crippen molar-refractivity contribution in [3.8, 4) is 0 Å². The molecule has 0 aromatic carbocycles. The summed E-state index contributed by atoms with van der Waals surface area (Å²) in [6.45, 7) is 1.99. The van der Waals surface area contributed by atoms with E-state index in [4.69, 9.17) is 11.6 Å². The molecule has 0 saturated carbocycles. The highest BCUT2D eigenvalue weighted by Gasteiger charge is 2.20. The average molecular weight is 182 g/mol. The van der Waals surface area contributed by atoms with Gasteiger partial charge in [-0.1, -0.05) is 0 Å². The normalized spacial score (nSPS) is 26.5. The maximum atomic E-state index is 5.72. The number of amidine groups is 1. The monoisotopic (exact) mass is 181 g/mol. The maximum Gasteiger partial charge on any atom is 0.196 e. The number of hydrogen-bond acceptors (Lipinski definition) is 3. The van der Waals surface area contributed by atoms with Gasteiger partial charge < -0.3 is 5.32 Å². The van der Waals surface area contributed by atoms with Gasteiger partial charge in [-0.3, -0.25) is 4.99 Å². The fourth-order valence-corrected chi connectivity index (χ4v) is 1.38. The predicted molar refractivity (Wildman–Crippen MR) is 50.5 cm³/mol. The molecular weight excluding hydrogens is 174 g/mol. The largest absolute Gasteiger partial charge is 0.337 e. The number of fused-ring (bicyclic) bond motifs is 1. The fourth-order valence-electron chi connectivity index (χ4n) is 1.23. The van der Waals surface area contributed by atoms with Crippen molar-refractivity contribution in [3.63, 3.8) is 0 Å². The molecule has 0 aliphatic carbocycles. The Morgan fingerprint density at radius 1 is 1.58 bits per heavy atom. The quantitative estimate of drug-likeness (QED) is 0.564. The number of aliphatic imine (C=N–C) groups is 2. The first-order chi connectivity index (χ1) is 5.77. The molecular formula is C8H8ClN3. The van der Waals surface area contributed by atoms with Crippen molar-refractivity contribution < 1.29 is 0 Å². The van der Waals surface area contributed by atoms with E-state index in [1.54, 1.807) is 12.4 Å². The van der Waals surface area contributed by atoms with E-state index in [2.05, 4.69) is 15.3 Å². The molecule has 2 rings (SSSR count). The Balaban J connectivity index is 2.37. The zero-order chi connectivity index (χ0) is 8.55. The fraction of sp³-hybridized carbons (Fsp3) is 0.250. The van der Waals surface area contributed by atoms with Crippen LogP contribution in [0.15, 0.2) is 33.5 Å². The van der Waals surface area contributed by atoms with Gasteiger partial charge in [0.2, 0.25) is 0 Å². The number of hydrogen-bond donors (Lipinski definition) is 1. The van der Waals surface area contributed by atoms with Crippen LogP contribution in [0.2, 0.25) is 0 Å². The summed E-state index contributed by atoms with van der Waals surface area (Å²) in [6, 6.07) is 0.0660. The minimum atomic E-state index is 0.0660. The summed E-state index contributed by atoms with van der Waals surface area (Å²) in [5.41, 5.74) is 2.17. The Hall–Kier alpha value is -1.09. The second-order valence-corrected chi connectivity index (χ2v) is 3.12. The van der Waals surface area contributed by atoms with Crippen LogP contribution in [0, 0.1) is 0 Å². The zero-order valence-electron chi connectivity index (χ0n) is 6.58. The molecule has 0 bridgehead atoms. The van der Waals surface area contributed by atoms with Gasteiger partial charge in [-0.25, -0.2) is 4.99 Å².